The van der Waals surface area contributed by atoms with E-state index in [9.17, 15) is 9.90 Å². The summed E-state index contributed by atoms with van der Waals surface area (Å²) in [4.78, 5) is 12.5. The Morgan fingerprint density at radius 2 is 1.75 bits per heavy atom. The minimum Gasteiger partial charge on any atom is -0.479 e. The van der Waals surface area contributed by atoms with Gasteiger partial charge in [0, 0.05) is 7.11 Å². The topological polar surface area (TPSA) is 55.8 Å². The SMILES string of the molecule is CO[C@]1(O)C(=O)c2ccccc2O[C@@H]1c1ccccc1. The summed E-state index contributed by atoms with van der Waals surface area (Å²) in [5.74, 6) is -2.06. The van der Waals surface area contributed by atoms with Crippen molar-refractivity contribution >= 4 is 5.78 Å². The van der Waals surface area contributed by atoms with Crippen molar-refractivity contribution in [2.24, 2.45) is 0 Å². The van der Waals surface area contributed by atoms with Crippen LogP contribution in [0.5, 0.6) is 5.75 Å². The second kappa shape index (κ2) is 4.74. The predicted molar refractivity (Wildman–Crippen MR) is 72.5 cm³/mol. The van der Waals surface area contributed by atoms with E-state index in [0.29, 0.717) is 16.9 Å². The molecule has 2 aromatic rings. The maximum absolute atomic E-state index is 12.5. The van der Waals surface area contributed by atoms with Crippen LogP contribution in [0.15, 0.2) is 54.6 Å². The third-order valence-corrected chi connectivity index (χ3v) is 3.47. The van der Waals surface area contributed by atoms with Gasteiger partial charge in [-0.2, -0.15) is 0 Å². The molecule has 1 aliphatic heterocycles. The zero-order chi connectivity index (χ0) is 14.2. The van der Waals surface area contributed by atoms with Crippen LogP contribution in [0.4, 0.5) is 0 Å². The van der Waals surface area contributed by atoms with E-state index in [4.69, 9.17) is 9.47 Å². The molecule has 0 unspecified atom stereocenters. The predicted octanol–water partition coefficient (Wildman–Crippen LogP) is 2.34. The van der Waals surface area contributed by atoms with Crippen molar-refractivity contribution in [2.75, 3.05) is 7.11 Å². The first-order chi connectivity index (χ1) is 9.66. The van der Waals surface area contributed by atoms with Crippen LogP contribution in [-0.4, -0.2) is 23.8 Å². The molecule has 0 saturated heterocycles. The molecule has 102 valence electrons. The number of hydrogen-bond donors (Lipinski definition) is 1. The van der Waals surface area contributed by atoms with Crippen molar-refractivity contribution in [3.05, 3.63) is 65.7 Å². The standard InChI is InChI=1S/C16H14O4/c1-19-16(18)14(17)12-9-5-6-10-13(12)20-15(16)11-7-3-2-4-8-11/h2-10,15,18H,1H3/t15-,16-/m1/s1. The summed E-state index contributed by atoms with van der Waals surface area (Å²) in [6.45, 7) is 0. The van der Waals surface area contributed by atoms with Crippen molar-refractivity contribution in [2.45, 2.75) is 11.9 Å². The number of carbonyl (C=O) groups excluding carboxylic acids is 1. The number of ether oxygens (including phenoxy) is 2. The van der Waals surface area contributed by atoms with Crippen LogP contribution in [0.25, 0.3) is 0 Å². The number of rotatable bonds is 2. The fourth-order valence-corrected chi connectivity index (χ4v) is 2.40. The van der Waals surface area contributed by atoms with Crippen molar-refractivity contribution in [1.82, 2.24) is 0 Å². The highest BCUT2D eigenvalue weighted by Crippen LogP contribution is 2.41. The zero-order valence-electron chi connectivity index (χ0n) is 10.9. The fraction of sp³-hybridized carbons (Fsp3) is 0.188. The number of para-hydroxylation sites is 1. The maximum Gasteiger partial charge on any atom is 0.273 e. The minimum atomic E-state index is -2.02. The summed E-state index contributed by atoms with van der Waals surface area (Å²) in [5.41, 5.74) is 1.00. The molecule has 0 saturated carbocycles. The van der Waals surface area contributed by atoms with Gasteiger partial charge >= 0.3 is 0 Å². The van der Waals surface area contributed by atoms with E-state index in [1.54, 1.807) is 36.4 Å². The third kappa shape index (κ3) is 1.81. The summed E-state index contributed by atoms with van der Waals surface area (Å²) < 4.78 is 10.9. The van der Waals surface area contributed by atoms with Gasteiger partial charge in [0.25, 0.3) is 5.79 Å². The molecule has 4 nitrogen and oxygen atoms in total. The molecule has 3 rings (SSSR count). The van der Waals surface area contributed by atoms with Gasteiger partial charge in [-0.25, -0.2) is 0 Å². The molecule has 0 radical (unpaired) electrons. The van der Waals surface area contributed by atoms with Crippen molar-refractivity contribution < 1.29 is 19.4 Å². The second-order valence-corrected chi connectivity index (χ2v) is 4.63. The van der Waals surface area contributed by atoms with Gasteiger partial charge in [-0.05, 0) is 17.7 Å². The van der Waals surface area contributed by atoms with Crippen LogP contribution < -0.4 is 4.74 Å². The van der Waals surface area contributed by atoms with Crippen LogP contribution in [0.2, 0.25) is 0 Å². The average Bonchev–Trinajstić information content (AvgIpc) is 2.52. The smallest absolute Gasteiger partial charge is 0.273 e. The average molecular weight is 270 g/mol. The number of methoxy groups -OCH3 is 1. The van der Waals surface area contributed by atoms with Gasteiger partial charge < -0.3 is 14.6 Å². The molecule has 0 aromatic heterocycles. The molecule has 2 aromatic carbocycles. The number of fused-ring (bicyclic) bond motifs is 1. The summed E-state index contributed by atoms with van der Waals surface area (Å²) in [6.07, 6.45) is -0.892. The number of aliphatic hydroxyl groups is 1. The monoisotopic (exact) mass is 270 g/mol. The van der Waals surface area contributed by atoms with Crippen LogP contribution in [0, 0.1) is 0 Å². The number of hydrogen-bond acceptors (Lipinski definition) is 4. The first-order valence-electron chi connectivity index (χ1n) is 6.30. The quantitative estimate of drug-likeness (QED) is 0.851. The van der Waals surface area contributed by atoms with E-state index in [2.05, 4.69) is 0 Å². The van der Waals surface area contributed by atoms with E-state index >= 15 is 0 Å². The van der Waals surface area contributed by atoms with E-state index in [1.807, 2.05) is 18.2 Å². The third-order valence-electron chi connectivity index (χ3n) is 3.47. The molecule has 4 heteroatoms. The summed E-state index contributed by atoms with van der Waals surface area (Å²) in [5, 5.41) is 10.6. The molecular weight excluding hydrogens is 256 g/mol. The molecule has 0 aliphatic carbocycles. The van der Waals surface area contributed by atoms with E-state index in [0.717, 1.165) is 0 Å². The zero-order valence-corrected chi connectivity index (χ0v) is 10.9. The largest absolute Gasteiger partial charge is 0.479 e. The number of Topliss-reactive ketones (excluding diaryl/α,β-unsaturated/α-hetero) is 1. The number of ketones is 1. The van der Waals surface area contributed by atoms with E-state index < -0.39 is 17.7 Å². The first-order valence-corrected chi connectivity index (χ1v) is 6.30. The Morgan fingerprint density at radius 3 is 2.45 bits per heavy atom. The maximum atomic E-state index is 12.5. The van der Waals surface area contributed by atoms with Crippen LogP contribution in [0.3, 0.4) is 0 Å². The molecule has 1 N–H and O–H groups in total. The summed E-state index contributed by atoms with van der Waals surface area (Å²) >= 11 is 0. The van der Waals surface area contributed by atoms with Gasteiger partial charge in [0.05, 0.1) is 5.56 Å². The molecule has 1 aliphatic rings. The Labute approximate surface area is 116 Å². The Hall–Kier alpha value is -2.17. The molecular formula is C16H14O4. The highest BCUT2D eigenvalue weighted by Gasteiger charge is 2.51. The highest BCUT2D eigenvalue weighted by molar-refractivity contribution is 6.05. The highest BCUT2D eigenvalue weighted by atomic mass is 16.7. The Balaban J connectivity index is 2.14. The van der Waals surface area contributed by atoms with Crippen LogP contribution >= 0.6 is 0 Å². The summed E-state index contributed by atoms with van der Waals surface area (Å²) in [7, 11) is 1.30. The van der Waals surface area contributed by atoms with Gasteiger partial charge in [0.15, 0.2) is 6.10 Å². The van der Waals surface area contributed by atoms with Crippen molar-refractivity contribution in [3.8, 4) is 5.75 Å². The van der Waals surface area contributed by atoms with Crippen molar-refractivity contribution in [1.29, 1.82) is 0 Å². The van der Waals surface area contributed by atoms with E-state index in [1.165, 1.54) is 7.11 Å². The van der Waals surface area contributed by atoms with Gasteiger partial charge in [-0.1, -0.05) is 42.5 Å². The second-order valence-electron chi connectivity index (χ2n) is 4.63. The van der Waals surface area contributed by atoms with E-state index in [-0.39, 0.29) is 0 Å². The molecule has 0 bridgehead atoms. The summed E-state index contributed by atoms with van der Waals surface area (Å²) in [6, 6.07) is 15.9. The molecule has 20 heavy (non-hydrogen) atoms. The lowest BCUT2D eigenvalue weighted by molar-refractivity contribution is -0.205. The first kappa shape index (κ1) is 12.8. The Bertz CT molecular complexity index is 638. The lowest BCUT2D eigenvalue weighted by atomic mass is 9.90. The van der Waals surface area contributed by atoms with Gasteiger partial charge in [0.2, 0.25) is 5.78 Å². The molecule has 0 amide bonds. The Kier molecular flexibility index (Phi) is 3.04. The minimum absolute atomic E-state index is 0.323. The molecule has 0 fully saturated rings. The fourth-order valence-electron chi connectivity index (χ4n) is 2.40. The lowest BCUT2D eigenvalue weighted by Crippen LogP contribution is -2.51. The van der Waals surface area contributed by atoms with Gasteiger partial charge in [0.1, 0.15) is 5.75 Å². The number of carbonyl (C=O) groups is 1. The van der Waals surface area contributed by atoms with Gasteiger partial charge in [-0.15, -0.1) is 0 Å². The molecule has 1 heterocycles. The van der Waals surface area contributed by atoms with Crippen LogP contribution in [-0.2, 0) is 4.74 Å². The molecule has 0 spiro atoms. The van der Waals surface area contributed by atoms with Crippen LogP contribution in [0.1, 0.15) is 22.0 Å². The Morgan fingerprint density at radius 1 is 1.10 bits per heavy atom. The van der Waals surface area contributed by atoms with Gasteiger partial charge in [-0.3, -0.25) is 4.79 Å². The lowest BCUT2D eigenvalue weighted by Gasteiger charge is -2.38. The van der Waals surface area contributed by atoms with Crippen molar-refractivity contribution in [3.63, 3.8) is 0 Å². The normalized spacial score (nSPS) is 24.9. The number of benzene rings is 2. The molecule has 2 atom stereocenters.